The molecule has 0 aromatic rings. The molecule has 0 heterocycles. The number of methoxy groups -OCH3 is 1. The van der Waals surface area contributed by atoms with Crippen molar-refractivity contribution in [3.63, 3.8) is 0 Å². The summed E-state index contributed by atoms with van der Waals surface area (Å²) in [7, 11) is 1.81. The van der Waals surface area contributed by atoms with Crippen molar-refractivity contribution in [2.45, 2.75) is 66.0 Å². The summed E-state index contributed by atoms with van der Waals surface area (Å²) in [5.41, 5.74) is 0.153. The summed E-state index contributed by atoms with van der Waals surface area (Å²) >= 11 is 0. The van der Waals surface area contributed by atoms with Gasteiger partial charge in [-0.25, -0.2) is 0 Å². The lowest BCUT2D eigenvalue weighted by molar-refractivity contribution is -0.0127. The van der Waals surface area contributed by atoms with Gasteiger partial charge in [-0.05, 0) is 31.7 Å². The minimum Gasteiger partial charge on any atom is -0.379 e. The molecule has 2 atom stereocenters. The second-order valence-electron chi connectivity index (χ2n) is 5.55. The van der Waals surface area contributed by atoms with Gasteiger partial charge in [0, 0.05) is 19.6 Å². The second kappa shape index (κ2) is 8.55. The summed E-state index contributed by atoms with van der Waals surface area (Å²) < 4.78 is 5.69. The van der Waals surface area contributed by atoms with Crippen molar-refractivity contribution in [3.05, 3.63) is 0 Å². The highest BCUT2D eigenvalue weighted by molar-refractivity contribution is 4.97. The molecule has 2 nitrogen and oxygen atoms in total. The summed E-state index contributed by atoms with van der Waals surface area (Å²) in [4.78, 5) is 0. The van der Waals surface area contributed by atoms with E-state index in [0.717, 1.165) is 25.8 Å². The summed E-state index contributed by atoms with van der Waals surface area (Å²) in [6.07, 6.45) is 3.37. The number of hydrogen-bond acceptors (Lipinski definition) is 2. The standard InChI is InChI=1S/C15H29NO/c1-7-9-10-11-13(16-12-8-2)14(17-6)15(3,4)5/h13-14,16H,8,10-12H2,1-6H3. The Labute approximate surface area is 108 Å². The van der Waals surface area contributed by atoms with Gasteiger partial charge in [0.2, 0.25) is 0 Å². The molecule has 100 valence electrons. The van der Waals surface area contributed by atoms with Gasteiger partial charge in [-0.2, -0.15) is 0 Å². The minimum absolute atomic E-state index is 0.153. The lowest BCUT2D eigenvalue weighted by atomic mass is 9.83. The predicted molar refractivity (Wildman–Crippen MR) is 75.0 cm³/mol. The smallest absolute Gasteiger partial charge is 0.0772 e. The lowest BCUT2D eigenvalue weighted by Gasteiger charge is -2.36. The minimum atomic E-state index is 0.153. The van der Waals surface area contributed by atoms with Gasteiger partial charge in [0.15, 0.2) is 0 Å². The average Bonchev–Trinajstić information content (AvgIpc) is 2.24. The van der Waals surface area contributed by atoms with Crippen LogP contribution in [0.15, 0.2) is 0 Å². The first-order valence-corrected chi connectivity index (χ1v) is 6.63. The van der Waals surface area contributed by atoms with E-state index < -0.39 is 0 Å². The molecule has 2 unspecified atom stereocenters. The average molecular weight is 239 g/mol. The Kier molecular flexibility index (Phi) is 8.29. The van der Waals surface area contributed by atoms with Crippen LogP contribution in [-0.4, -0.2) is 25.8 Å². The van der Waals surface area contributed by atoms with Crippen LogP contribution in [0.5, 0.6) is 0 Å². The number of ether oxygens (including phenoxy) is 1. The van der Waals surface area contributed by atoms with Crippen LogP contribution < -0.4 is 5.32 Å². The van der Waals surface area contributed by atoms with E-state index >= 15 is 0 Å². The Bertz CT molecular complexity index is 244. The molecule has 0 aromatic heterocycles. The molecule has 0 aliphatic carbocycles. The lowest BCUT2D eigenvalue weighted by Crippen LogP contribution is -2.47. The van der Waals surface area contributed by atoms with E-state index in [1.807, 2.05) is 14.0 Å². The predicted octanol–water partition coefficient (Wildman–Crippen LogP) is 3.22. The normalized spacial score (nSPS) is 14.9. The van der Waals surface area contributed by atoms with Gasteiger partial charge < -0.3 is 10.1 Å². The molecule has 0 bridgehead atoms. The highest BCUT2D eigenvalue weighted by Crippen LogP contribution is 2.26. The van der Waals surface area contributed by atoms with Gasteiger partial charge in [-0.1, -0.05) is 27.7 Å². The SMILES string of the molecule is CC#CCCC(NCCC)C(OC)C(C)(C)C. The Morgan fingerprint density at radius 3 is 2.35 bits per heavy atom. The maximum Gasteiger partial charge on any atom is 0.0772 e. The molecule has 0 saturated carbocycles. The molecular formula is C15H29NO. The Morgan fingerprint density at radius 1 is 1.29 bits per heavy atom. The molecular weight excluding hydrogens is 210 g/mol. The fourth-order valence-corrected chi connectivity index (χ4v) is 2.16. The molecule has 0 saturated heterocycles. The van der Waals surface area contributed by atoms with Crippen molar-refractivity contribution >= 4 is 0 Å². The van der Waals surface area contributed by atoms with Crippen LogP contribution in [0.2, 0.25) is 0 Å². The first kappa shape index (κ1) is 16.5. The molecule has 0 fully saturated rings. The first-order valence-electron chi connectivity index (χ1n) is 6.63. The second-order valence-corrected chi connectivity index (χ2v) is 5.55. The van der Waals surface area contributed by atoms with E-state index in [2.05, 4.69) is 44.9 Å². The monoisotopic (exact) mass is 239 g/mol. The van der Waals surface area contributed by atoms with Crippen LogP contribution in [0.3, 0.4) is 0 Å². The zero-order chi connectivity index (χ0) is 13.3. The van der Waals surface area contributed by atoms with E-state index in [1.165, 1.54) is 0 Å². The molecule has 0 aromatic carbocycles. The van der Waals surface area contributed by atoms with Gasteiger partial charge in [0.05, 0.1) is 6.10 Å². The zero-order valence-corrected chi connectivity index (χ0v) is 12.4. The molecule has 0 radical (unpaired) electrons. The van der Waals surface area contributed by atoms with Crippen LogP contribution in [0.4, 0.5) is 0 Å². The molecule has 17 heavy (non-hydrogen) atoms. The summed E-state index contributed by atoms with van der Waals surface area (Å²) in [6, 6.07) is 0.390. The maximum atomic E-state index is 5.69. The van der Waals surface area contributed by atoms with E-state index in [4.69, 9.17) is 4.74 Å². The van der Waals surface area contributed by atoms with E-state index in [9.17, 15) is 0 Å². The van der Waals surface area contributed by atoms with E-state index in [0.29, 0.717) is 6.04 Å². The topological polar surface area (TPSA) is 21.3 Å². The highest BCUT2D eigenvalue weighted by Gasteiger charge is 2.31. The third kappa shape index (κ3) is 6.71. The Morgan fingerprint density at radius 2 is 1.94 bits per heavy atom. The highest BCUT2D eigenvalue weighted by atomic mass is 16.5. The third-order valence-corrected chi connectivity index (χ3v) is 2.89. The van der Waals surface area contributed by atoms with Gasteiger partial charge >= 0.3 is 0 Å². The first-order chi connectivity index (χ1) is 7.97. The molecule has 0 aliphatic heterocycles. The van der Waals surface area contributed by atoms with Crippen molar-refractivity contribution in [1.82, 2.24) is 5.32 Å². The number of hydrogen-bond donors (Lipinski definition) is 1. The van der Waals surface area contributed by atoms with Crippen LogP contribution in [0.1, 0.15) is 53.9 Å². The van der Waals surface area contributed by atoms with E-state index in [-0.39, 0.29) is 11.5 Å². The molecule has 1 N–H and O–H groups in total. The molecule has 0 aliphatic rings. The Hall–Kier alpha value is -0.520. The van der Waals surface area contributed by atoms with Gasteiger partial charge in [0.25, 0.3) is 0 Å². The molecule has 0 amide bonds. The van der Waals surface area contributed by atoms with Crippen molar-refractivity contribution in [1.29, 1.82) is 0 Å². The largest absolute Gasteiger partial charge is 0.379 e. The van der Waals surface area contributed by atoms with Crippen molar-refractivity contribution in [2.75, 3.05) is 13.7 Å². The summed E-state index contributed by atoms with van der Waals surface area (Å²) in [5, 5.41) is 3.59. The maximum absolute atomic E-state index is 5.69. The van der Waals surface area contributed by atoms with Crippen molar-refractivity contribution in [2.24, 2.45) is 5.41 Å². The molecule has 2 heteroatoms. The van der Waals surface area contributed by atoms with Crippen LogP contribution in [0, 0.1) is 17.3 Å². The van der Waals surface area contributed by atoms with Crippen LogP contribution in [-0.2, 0) is 4.74 Å². The summed E-state index contributed by atoms with van der Waals surface area (Å²) in [5.74, 6) is 6.10. The quantitative estimate of drug-likeness (QED) is 0.689. The summed E-state index contributed by atoms with van der Waals surface area (Å²) in [6.45, 7) is 11.8. The van der Waals surface area contributed by atoms with Crippen LogP contribution in [0.25, 0.3) is 0 Å². The molecule has 0 rings (SSSR count). The Balaban J connectivity index is 4.54. The number of rotatable bonds is 7. The van der Waals surface area contributed by atoms with Crippen molar-refractivity contribution < 1.29 is 4.74 Å². The zero-order valence-electron chi connectivity index (χ0n) is 12.4. The fourth-order valence-electron chi connectivity index (χ4n) is 2.16. The van der Waals surface area contributed by atoms with Crippen molar-refractivity contribution in [3.8, 4) is 11.8 Å². The third-order valence-electron chi connectivity index (χ3n) is 2.89. The van der Waals surface area contributed by atoms with Gasteiger partial charge in [0.1, 0.15) is 0 Å². The van der Waals surface area contributed by atoms with Gasteiger partial charge in [-0.15, -0.1) is 11.8 Å². The van der Waals surface area contributed by atoms with Crippen LogP contribution >= 0.6 is 0 Å². The molecule has 0 spiro atoms. The van der Waals surface area contributed by atoms with E-state index in [1.54, 1.807) is 0 Å². The number of nitrogens with one attached hydrogen (secondary N) is 1. The van der Waals surface area contributed by atoms with Gasteiger partial charge in [-0.3, -0.25) is 0 Å². The fraction of sp³-hybridized carbons (Fsp3) is 0.867.